The summed E-state index contributed by atoms with van der Waals surface area (Å²) in [6.45, 7) is 8.66. The molecule has 0 aromatic carbocycles. The van der Waals surface area contributed by atoms with Gasteiger partial charge in [-0.05, 0) is 69.9 Å². The molecule has 0 spiro atoms. The highest BCUT2D eigenvalue weighted by Gasteiger charge is 2.31. The molecule has 0 radical (unpaired) electrons. The molecule has 2 aliphatic rings. The largest absolute Gasteiger partial charge is 0.352 e. The first-order valence-corrected chi connectivity index (χ1v) is 10.9. The third-order valence-corrected chi connectivity index (χ3v) is 6.16. The second-order valence-corrected chi connectivity index (χ2v) is 8.19. The first kappa shape index (κ1) is 20.3. The van der Waals surface area contributed by atoms with Gasteiger partial charge in [-0.2, -0.15) is 0 Å². The van der Waals surface area contributed by atoms with Crippen molar-refractivity contribution in [3.8, 4) is 0 Å². The van der Waals surface area contributed by atoms with Gasteiger partial charge in [-0.15, -0.1) is 0 Å². The molecule has 0 aliphatic carbocycles. The minimum atomic E-state index is 0.137. The Kier molecular flexibility index (Phi) is 8.09. The molecule has 5 nitrogen and oxygen atoms in total. The average molecular weight is 373 g/mol. The van der Waals surface area contributed by atoms with Crippen molar-refractivity contribution in [3.63, 3.8) is 0 Å². The second kappa shape index (κ2) is 10.8. The quantitative estimate of drug-likeness (QED) is 0.713. The van der Waals surface area contributed by atoms with Crippen molar-refractivity contribution in [2.45, 2.75) is 64.5 Å². The monoisotopic (exact) mass is 372 g/mol. The van der Waals surface area contributed by atoms with Gasteiger partial charge in [-0.3, -0.25) is 14.7 Å². The van der Waals surface area contributed by atoms with E-state index >= 15 is 0 Å². The van der Waals surface area contributed by atoms with Crippen LogP contribution in [0, 0.1) is 5.92 Å². The van der Waals surface area contributed by atoms with E-state index in [-0.39, 0.29) is 11.8 Å². The van der Waals surface area contributed by atoms with Crippen molar-refractivity contribution in [1.82, 2.24) is 20.1 Å². The summed E-state index contributed by atoms with van der Waals surface area (Å²) in [7, 11) is 0. The Morgan fingerprint density at radius 3 is 2.81 bits per heavy atom. The Bertz CT molecular complexity index is 557. The summed E-state index contributed by atoms with van der Waals surface area (Å²) in [6, 6.07) is 4.59. The lowest BCUT2D eigenvalue weighted by atomic mass is 9.93. The van der Waals surface area contributed by atoms with Crippen molar-refractivity contribution in [3.05, 3.63) is 30.1 Å². The Morgan fingerprint density at radius 1 is 1.22 bits per heavy atom. The van der Waals surface area contributed by atoms with Crippen molar-refractivity contribution >= 4 is 5.91 Å². The van der Waals surface area contributed by atoms with Crippen LogP contribution in [0.2, 0.25) is 0 Å². The van der Waals surface area contributed by atoms with Crippen LogP contribution in [0.1, 0.15) is 57.4 Å². The van der Waals surface area contributed by atoms with E-state index in [1.807, 2.05) is 18.3 Å². The Balaban J connectivity index is 1.40. The van der Waals surface area contributed by atoms with Crippen molar-refractivity contribution in [1.29, 1.82) is 0 Å². The molecule has 2 fully saturated rings. The first-order chi connectivity index (χ1) is 13.3. The van der Waals surface area contributed by atoms with Gasteiger partial charge in [0, 0.05) is 31.5 Å². The van der Waals surface area contributed by atoms with Gasteiger partial charge in [0.15, 0.2) is 0 Å². The lowest BCUT2D eigenvalue weighted by molar-refractivity contribution is -0.127. The van der Waals surface area contributed by atoms with E-state index in [4.69, 9.17) is 0 Å². The number of piperidine rings is 2. The zero-order valence-electron chi connectivity index (χ0n) is 16.9. The molecule has 1 aromatic heterocycles. The topological polar surface area (TPSA) is 48.5 Å². The number of hydrogen-bond donors (Lipinski definition) is 1. The van der Waals surface area contributed by atoms with E-state index in [1.165, 1.54) is 51.7 Å². The smallest absolute Gasteiger partial charge is 0.224 e. The van der Waals surface area contributed by atoms with Gasteiger partial charge in [-0.1, -0.05) is 25.8 Å². The molecule has 0 saturated carbocycles. The normalized spacial score (nSPS) is 22.6. The van der Waals surface area contributed by atoms with Crippen LogP contribution < -0.4 is 5.32 Å². The summed E-state index contributed by atoms with van der Waals surface area (Å²) in [6.07, 6.45) is 12.3. The molecular formula is C22H36N4O. The number of aromatic nitrogens is 1. The van der Waals surface area contributed by atoms with Crippen molar-refractivity contribution in [2.24, 2.45) is 5.92 Å². The molecule has 3 rings (SSSR count). The van der Waals surface area contributed by atoms with Gasteiger partial charge in [0.1, 0.15) is 0 Å². The maximum atomic E-state index is 12.6. The third-order valence-electron chi connectivity index (χ3n) is 6.16. The van der Waals surface area contributed by atoms with Crippen LogP contribution in [0.25, 0.3) is 0 Å². The number of likely N-dealkylation sites (tertiary alicyclic amines) is 2. The van der Waals surface area contributed by atoms with Crippen LogP contribution in [-0.4, -0.2) is 59.5 Å². The number of rotatable bonds is 8. The minimum absolute atomic E-state index is 0.137. The molecule has 27 heavy (non-hydrogen) atoms. The van der Waals surface area contributed by atoms with Crippen LogP contribution in [-0.2, 0) is 11.3 Å². The fraction of sp³-hybridized carbons (Fsp3) is 0.727. The number of nitrogens with zero attached hydrogens (tertiary/aromatic N) is 3. The van der Waals surface area contributed by atoms with Crippen molar-refractivity contribution in [2.75, 3.05) is 32.7 Å². The summed E-state index contributed by atoms with van der Waals surface area (Å²) in [4.78, 5) is 22.0. The van der Waals surface area contributed by atoms with Crippen LogP contribution >= 0.6 is 0 Å². The van der Waals surface area contributed by atoms with Crippen LogP contribution in [0.4, 0.5) is 0 Å². The molecule has 1 aromatic rings. The Hall–Kier alpha value is -1.46. The van der Waals surface area contributed by atoms with E-state index in [9.17, 15) is 4.79 Å². The maximum Gasteiger partial charge on any atom is 0.224 e. The van der Waals surface area contributed by atoms with Crippen LogP contribution in [0.3, 0.4) is 0 Å². The van der Waals surface area contributed by atoms with E-state index in [0.717, 1.165) is 31.5 Å². The molecule has 150 valence electrons. The predicted octanol–water partition coefficient (Wildman–Crippen LogP) is 3.06. The van der Waals surface area contributed by atoms with Gasteiger partial charge < -0.3 is 10.2 Å². The molecule has 1 N–H and O–H groups in total. The molecule has 1 atom stereocenters. The highest BCUT2D eigenvalue weighted by molar-refractivity contribution is 5.78. The highest BCUT2D eigenvalue weighted by atomic mass is 16.1. The van der Waals surface area contributed by atoms with Crippen molar-refractivity contribution < 1.29 is 4.79 Å². The fourth-order valence-electron chi connectivity index (χ4n) is 4.48. The molecule has 1 amide bonds. The predicted molar refractivity (Wildman–Crippen MR) is 109 cm³/mol. The van der Waals surface area contributed by atoms with E-state index in [1.54, 1.807) is 6.20 Å². The second-order valence-electron chi connectivity index (χ2n) is 8.19. The van der Waals surface area contributed by atoms with Gasteiger partial charge in [0.2, 0.25) is 5.91 Å². The van der Waals surface area contributed by atoms with Gasteiger partial charge in [0.25, 0.3) is 0 Å². The lowest BCUT2D eigenvalue weighted by Gasteiger charge is -2.42. The highest BCUT2D eigenvalue weighted by Crippen LogP contribution is 2.24. The standard InChI is InChI=1S/C22H36N4O/c1-2-3-4-12-25-14-9-21(10-15-25)26-13-6-8-20(18-26)22(27)24-17-19-7-5-11-23-16-19/h5,7,11,16,20-21H,2-4,6,8-10,12-15,17-18H2,1H3,(H,24,27)/t20-/m1/s1. The maximum absolute atomic E-state index is 12.6. The molecule has 0 unspecified atom stereocenters. The summed E-state index contributed by atoms with van der Waals surface area (Å²) in [5, 5.41) is 3.11. The number of nitrogens with one attached hydrogen (secondary N) is 1. The van der Waals surface area contributed by atoms with Gasteiger partial charge in [-0.25, -0.2) is 0 Å². The number of unbranched alkanes of at least 4 members (excludes halogenated alkanes) is 2. The van der Waals surface area contributed by atoms with Crippen LogP contribution in [0.15, 0.2) is 24.5 Å². The Morgan fingerprint density at radius 2 is 2.07 bits per heavy atom. The van der Waals surface area contributed by atoms with E-state index in [0.29, 0.717) is 12.6 Å². The zero-order chi connectivity index (χ0) is 18.9. The third kappa shape index (κ3) is 6.28. The zero-order valence-corrected chi connectivity index (χ0v) is 16.9. The van der Waals surface area contributed by atoms with E-state index < -0.39 is 0 Å². The molecule has 2 saturated heterocycles. The number of carbonyl (C=O) groups is 1. The van der Waals surface area contributed by atoms with Crippen LogP contribution in [0.5, 0.6) is 0 Å². The number of carbonyl (C=O) groups excluding carboxylic acids is 1. The summed E-state index contributed by atoms with van der Waals surface area (Å²) in [5.41, 5.74) is 1.06. The number of hydrogen-bond acceptors (Lipinski definition) is 4. The lowest BCUT2D eigenvalue weighted by Crippen LogP contribution is -2.50. The SMILES string of the molecule is CCCCCN1CCC(N2CCC[C@@H](C(=O)NCc3cccnc3)C2)CC1. The minimum Gasteiger partial charge on any atom is -0.352 e. The molecule has 2 aliphatic heterocycles. The van der Waals surface area contributed by atoms with Gasteiger partial charge >= 0.3 is 0 Å². The molecular weight excluding hydrogens is 336 g/mol. The summed E-state index contributed by atoms with van der Waals surface area (Å²) in [5.74, 6) is 0.346. The van der Waals surface area contributed by atoms with E-state index in [2.05, 4.69) is 27.0 Å². The molecule has 5 heteroatoms. The number of pyridine rings is 1. The average Bonchev–Trinajstić information content (AvgIpc) is 2.73. The fourth-order valence-corrected chi connectivity index (χ4v) is 4.48. The van der Waals surface area contributed by atoms with Gasteiger partial charge in [0.05, 0.1) is 5.92 Å². The molecule has 3 heterocycles. The number of amides is 1. The summed E-state index contributed by atoms with van der Waals surface area (Å²) < 4.78 is 0. The Labute approximate surface area is 164 Å². The molecule has 0 bridgehead atoms. The summed E-state index contributed by atoms with van der Waals surface area (Å²) >= 11 is 0. The first-order valence-electron chi connectivity index (χ1n) is 10.9.